The minimum absolute atomic E-state index is 0.0971. The molecule has 1 fully saturated rings. The minimum Gasteiger partial charge on any atom is -0.495 e. The number of sulfonamides is 1. The van der Waals surface area contributed by atoms with Crippen LogP contribution in [0.1, 0.15) is 24.5 Å². The zero-order valence-electron chi connectivity index (χ0n) is 13.6. The molecule has 8 heteroatoms. The van der Waals surface area contributed by atoms with Gasteiger partial charge in [0.1, 0.15) is 10.6 Å². The average Bonchev–Trinajstić information content (AvgIpc) is 3.01. The summed E-state index contributed by atoms with van der Waals surface area (Å²) in [4.78, 5) is 0.110. The molecule has 0 unspecified atom stereocenters. The third-order valence-electron chi connectivity index (χ3n) is 4.28. The lowest BCUT2D eigenvalue weighted by Gasteiger charge is -2.31. The highest BCUT2D eigenvalue weighted by Crippen LogP contribution is 2.33. The van der Waals surface area contributed by atoms with E-state index in [1.165, 1.54) is 17.5 Å². The zero-order chi connectivity index (χ0) is 17.3. The molecule has 1 aliphatic rings. The fourth-order valence-electron chi connectivity index (χ4n) is 3.04. The van der Waals surface area contributed by atoms with Crippen LogP contribution in [0.4, 0.5) is 0 Å². The smallest absolute Gasteiger partial charge is 0.246 e. The van der Waals surface area contributed by atoms with Crippen molar-refractivity contribution in [3.8, 4) is 5.75 Å². The van der Waals surface area contributed by atoms with Gasteiger partial charge in [-0.05, 0) is 37.1 Å². The molecule has 0 saturated carbocycles. The van der Waals surface area contributed by atoms with Crippen molar-refractivity contribution in [1.29, 1.82) is 0 Å². The number of aromatic nitrogens is 2. The Labute approximate surface area is 147 Å². The number of methoxy groups -OCH3 is 1. The van der Waals surface area contributed by atoms with Gasteiger partial charge in [-0.15, -0.1) is 0 Å². The maximum absolute atomic E-state index is 13.1. The Morgan fingerprint density at radius 3 is 2.79 bits per heavy atom. The lowest BCUT2D eigenvalue weighted by atomic mass is 9.96. The second kappa shape index (κ2) is 6.74. The predicted molar refractivity (Wildman–Crippen MR) is 91.9 cm³/mol. The number of piperidine rings is 1. The molecule has 24 heavy (non-hydrogen) atoms. The van der Waals surface area contributed by atoms with Crippen molar-refractivity contribution >= 4 is 21.6 Å². The Hall–Kier alpha value is -1.57. The fraction of sp³-hybridized carbons (Fsp3) is 0.438. The van der Waals surface area contributed by atoms with Crippen LogP contribution in [-0.2, 0) is 17.1 Å². The van der Waals surface area contributed by atoms with E-state index in [0.717, 1.165) is 18.5 Å². The molecular formula is C16H20ClN3O3S. The average molecular weight is 370 g/mol. The van der Waals surface area contributed by atoms with Gasteiger partial charge < -0.3 is 4.74 Å². The summed E-state index contributed by atoms with van der Waals surface area (Å²) in [5.74, 6) is 0.402. The Morgan fingerprint density at radius 2 is 2.12 bits per heavy atom. The maximum atomic E-state index is 13.1. The van der Waals surface area contributed by atoms with Crippen molar-refractivity contribution in [2.24, 2.45) is 7.05 Å². The van der Waals surface area contributed by atoms with E-state index in [1.807, 2.05) is 19.3 Å². The number of hydrogen-bond donors (Lipinski definition) is 0. The Balaban J connectivity index is 1.91. The fourth-order valence-corrected chi connectivity index (χ4v) is 4.99. The summed E-state index contributed by atoms with van der Waals surface area (Å²) in [5, 5.41) is 4.79. The van der Waals surface area contributed by atoms with Crippen LogP contribution in [0.2, 0.25) is 5.02 Å². The van der Waals surface area contributed by atoms with Gasteiger partial charge in [-0.2, -0.15) is 9.40 Å². The molecule has 2 heterocycles. The molecular weight excluding hydrogens is 350 g/mol. The summed E-state index contributed by atoms with van der Waals surface area (Å²) in [6, 6.07) is 6.59. The van der Waals surface area contributed by atoms with Gasteiger partial charge in [-0.25, -0.2) is 8.42 Å². The molecule has 0 spiro atoms. The van der Waals surface area contributed by atoms with E-state index in [1.54, 1.807) is 16.8 Å². The largest absolute Gasteiger partial charge is 0.495 e. The van der Waals surface area contributed by atoms with E-state index >= 15 is 0 Å². The van der Waals surface area contributed by atoms with Gasteiger partial charge in [0.25, 0.3) is 0 Å². The molecule has 1 aromatic carbocycles. The molecule has 0 amide bonds. The summed E-state index contributed by atoms with van der Waals surface area (Å²) in [5.41, 5.74) is 0.926. The van der Waals surface area contributed by atoms with Crippen LogP contribution in [0.15, 0.2) is 35.4 Å². The molecule has 130 valence electrons. The van der Waals surface area contributed by atoms with Crippen molar-refractivity contribution in [1.82, 2.24) is 14.1 Å². The molecule has 0 bridgehead atoms. The van der Waals surface area contributed by atoms with Crippen molar-refractivity contribution < 1.29 is 13.2 Å². The molecule has 0 radical (unpaired) electrons. The number of halogens is 1. The standard InChI is InChI=1S/C16H20ClN3O3S/c1-19-9-7-14(18-19)12-4-3-8-20(11-12)24(21,22)16-10-13(17)5-6-15(16)23-2/h5-7,9-10,12H,3-4,8,11H2,1-2H3/t12-/m0/s1. The molecule has 6 nitrogen and oxygen atoms in total. The summed E-state index contributed by atoms with van der Waals surface area (Å²) in [6.45, 7) is 0.899. The molecule has 2 aromatic rings. The van der Waals surface area contributed by atoms with Gasteiger partial charge in [0, 0.05) is 37.3 Å². The first-order chi connectivity index (χ1) is 11.4. The van der Waals surface area contributed by atoms with E-state index in [2.05, 4.69) is 5.10 Å². The molecule has 1 atom stereocenters. The first-order valence-electron chi connectivity index (χ1n) is 7.75. The summed E-state index contributed by atoms with van der Waals surface area (Å²) >= 11 is 5.99. The number of ether oxygens (including phenoxy) is 1. The Bertz CT molecular complexity index is 835. The first-order valence-corrected chi connectivity index (χ1v) is 9.57. The third kappa shape index (κ3) is 3.29. The van der Waals surface area contributed by atoms with Crippen LogP contribution < -0.4 is 4.74 Å². The van der Waals surface area contributed by atoms with Crippen molar-refractivity contribution in [3.63, 3.8) is 0 Å². The van der Waals surface area contributed by atoms with Gasteiger partial charge >= 0.3 is 0 Å². The van der Waals surface area contributed by atoms with Gasteiger partial charge in [0.05, 0.1) is 12.8 Å². The quantitative estimate of drug-likeness (QED) is 0.831. The van der Waals surface area contributed by atoms with Gasteiger partial charge in [-0.3, -0.25) is 4.68 Å². The number of hydrogen-bond acceptors (Lipinski definition) is 4. The van der Waals surface area contributed by atoms with Crippen LogP contribution in [0.25, 0.3) is 0 Å². The molecule has 1 saturated heterocycles. The van der Waals surface area contributed by atoms with E-state index in [-0.39, 0.29) is 10.8 Å². The van der Waals surface area contributed by atoms with E-state index in [9.17, 15) is 8.42 Å². The van der Waals surface area contributed by atoms with Crippen molar-refractivity contribution in [2.45, 2.75) is 23.7 Å². The van der Waals surface area contributed by atoms with Crippen LogP contribution in [0.5, 0.6) is 5.75 Å². The van der Waals surface area contributed by atoms with Crippen molar-refractivity contribution in [3.05, 3.63) is 41.2 Å². The third-order valence-corrected chi connectivity index (χ3v) is 6.40. The number of aryl methyl sites for hydroxylation is 1. The Morgan fingerprint density at radius 1 is 1.33 bits per heavy atom. The molecule has 1 aromatic heterocycles. The highest BCUT2D eigenvalue weighted by Gasteiger charge is 2.33. The molecule has 3 rings (SSSR count). The van der Waals surface area contributed by atoms with Crippen LogP contribution in [0, 0.1) is 0 Å². The zero-order valence-corrected chi connectivity index (χ0v) is 15.2. The van der Waals surface area contributed by atoms with Crippen molar-refractivity contribution in [2.75, 3.05) is 20.2 Å². The van der Waals surface area contributed by atoms with Gasteiger partial charge in [-0.1, -0.05) is 11.6 Å². The lowest BCUT2D eigenvalue weighted by Crippen LogP contribution is -2.39. The monoisotopic (exact) mass is 369 g/mol. The summed E-state index contributed by atoms with van der Waals surface area (Å²) in [6.07, 6.45) is 3.60. The van der Waals surface area contributed by atoms with Crippen LogP contribution in [-0.4, -0.2) is 42.7 Å². The SMILES string of the molecule is COc1ccc(Cl)cc1S(=O)(=O)N1CCC[C@H](c2ccn(C)n2)C1. The topological polar surface area (TPSA) is 64.4 Å². The minimum atomic E-state index is -3.67. The number of benzene rings is 1. The highest BCUT2D eigenvalue weighted by atomic mass is 35.5. The number of nitrogens with zero attached hydrogens (tertiary/aromatic N) is 3. The molecule has 0 aliphatic carbocycles. The number of rotatable bonds is 4. The molecule has 0 N–H and O–H groups in total. The second-order valence-corrected chi connectivity index (χ2v) is 8.25. The van der Waals surface area contributed by atoms with Gasteiger partial charge in [0.2, 0.25) is 10.0 Å². The maximum Gasteiger partial charge on any atom is 0.246 e. The first kappa shape index (κ1) is 17.3. The van der Waals surface area contributed by atoms with Crippen LogP contribution >= 0.6 is 11.6 Å². The summed E-state index contributed by atoms with van der Waals surface area (Å²) < 4.78 is 34.6. The Kier molecular flexibility index (Phi) is 4.85. The van der Waals surface area contributed by atoms with E-state index < -0.39 is 10.0 Å². The molecule has 1 aliphatic heterocycles. The second-order valence-electron chi connectivity index (χ2n) is 5.91. The van der Waals surface area contributed by atoms with E-state index in [0.29, 0.717) is 23.9 Å². The summed E-state index contributed by atoms with van der Waals surface area (Å²) in [7, 11) is -0.360. The highest BCUT2D eigenvalue weighted by molar-refractivity contribution is 7.89. The van der Waals surface area contributed by atoms with Crippen LogP contribution in [0.3, 0.4) is 0 Å². The van der Waals surface area contributed by atoms with E-state index in [4.69, 9.17) is 16.3 Å². The lowest BCUT2D eigenvalue weighted by molar-refractivity contribution is 0.310. The normalized spacial score (nSPS) is 19.4. The van der Waals surface area contributed by atoms with Gasteiger partial charge in [0.15, 0.2) is 0 Å². The predicted octanol–water partition coefficient (Wildman–Crippen LogP) is 2.65.